The van der Waals surface area contributed by atoms with Crippen LogP contribution in [0.5, 0.6) is 11.5 Å². The minimum Gasteiger partial charge on any atom is -0.496 e. The summed E-state index contributed by atoms with van der Waals surface area (Å²) in [5, 5.41) is 4.78. The van der Waals surface area contributed by atoms with E-state index >= 15 is 0 Å². The molecule has 4 rings (SSSR count). The Labute approximate surface area is 210 Å². The summed E-state index contributed by atoms with van der Waals surface area (Å²) in [4.78, 5) is 38.1. The smallest absolute Gasteiger partial charge is 0.270 e. The number of hydrogen-bond donors (Lipinski definition) is 3. The zero-order valence-electron chi connectivity index (χ0n) is 20.5. The fourth-order valence-electron chi connectivity index (χ4n) is 4.74. The van der Waals surface area contributed by atoms with E-state index in [1.54, 1.807) is 24.3 Å². The third-order valence-electron chi connectivity index (χ3n) is 6.76. The molecule has 0 aromatic heterocycles. The molecule has 0 unspecified atom stereocenters. The second-order valence-electron chi connectivity index (χ2n) is 8.94. The predicted octanol–water partition coefficient (Wildman–Crippen LogP) is 3.85. The maximum absolute atomic E-state index is 12.8. The Hall–Kier alpha value is -4.07. The molecule has 0 radical (unpaired) electrons. The number of hydrazine groups is 1. The van der Waals surface area contributed by atoms with Crippen LogP contribution in [-0.4, -0.2) is 38.5 Å². The van der Waals surface area contributed by atoms with E-state index < -0.39 is 0 Å². The Morgan fingerprint density at radius 3 is 2.11 bits per heavy atom. The Morgan fingerprint density at radius 1 is 0.778 bits per heavy atom. The van der Waals surface area contributed by atoms with E-state index in [0.717, 1.165) is 23.6 Å². The first-order valence-electron chi connectivity index (χ1n) is 12.1. The predicted molar refractivity (Wildman–Crippen MR) is 137 cm³/mol. The average Bonchev–Trinajstić information content (AvgIpc) is 2.93. The van der Waals surface area contributed by atoms with Crippen LogP contribution in [0.15, 0.2) is 60.7 Å². The molecule has 1 saturated carbocycles. The molecular weight excluding hydrogens is 458 g/mol. The van der Waals surface area contributed by atoms with Crippen molar-refractivity contribution in [1.29, 1.82) is 0 Å². The number of methoxy groups -OCH3 is 2. The van der Waals surface area contributed by atoms with E-state index in [0.29, 0.717) is 42.0 Å². The largest absolute Gasteiger partial charge is 0.496 e. The van der Waals surface area contributed by atoms with Crippen LogP contribution in [0.25, 0.3) is 10.8 Å². The molecule has 1 aliphatic carbocycles. The van der Waals surface area contributed by atoms with Gasteiger partial charge in [-0.15, -0.1) is 0 Å². The van der Waals surface area contributed by atoms with Crippen molar-refractivity contribution in [3.8, 4) is 11.5 Å². The zero-order chi connectivity index (χ0) is 25.5. The topological polar surface area (TPSA) is 106 Å². The quantitative estimate of drug-likeness (QED) is 0.437. The number of benzene rings is 3. The van der Waals surface area contributed by atoms with Gasteiger partial charge in [-0.05, 0) is 60.6 Å². The van der Waals surface area contributed by atoms with E-state index in [1.165, 1.54) is 14.2 Å². The van der Waals surface area contributed by atoms with Gasteiger partial charge in [-0.1, -0.05) is 42.5 Å². The molecular formula is C28H31N3O5. The number of fused-ring (bicyclic) bond motifs is 1. The molecule has 188 valence electrons. The van der Waals surface area contributed by atoms with Crippen LogP contribution in [0.3, 0.4) is 0 Å². The monoisotopic (exact) mass is 489 g/mol. The van der Waals surface area contributed by atoms with Gasteiger partial charge in [0.25, 0.3) is 11.8 Å². The summed E-state index contributed by atoms with van der Waals surface area (Å²) >= 11 is 0. The number of amides is 3. The number of rotatable bonds is 7. The second kappa shape index (κ2) is 11.6. The lowest BCUT2D eigenvalue weighted by Gasteiger charge is -2.28. The molecule has 0 atom stereocenters. The van der Waals surface area contributed by atoms with Gasteiger partial charge in [0.15, 0.2) is 0 Å². The van der Waals surface area contributed by atoms with Gasteiger partial charge in [-0.25, -0.2) is 0 Å². The third kappa shape index (κ3) is 5.59. The van der Waals surface area contributed by atoms with Crippen LogP contribution < -0.4 is 25.6 Å². The molecule has 3 amide bonds. The highest BCUT2D eigenvalue weighted by atomic mass is 16.5. The van der Waals surface area contributed by atoms with Crippen molar-refractivity contribution in [2.24, 2.45) is 11.8 Å². The molecule has 0 saturated heterocycles. The van der Waals surface area contributed by atoms with Crippen LogP contribution in [0.4, 0.5) is 0 Å². The van der Waals surface area contributed by atoms with Gasteiger partial charge in [0.2, 0.25) is 5.91 Å². The lowest BCUT2D eigenvalue weighted by molar-refractivity contribution is -0.127. The minimum atomic E-state index is -0.344. The summed E-state index contributed by atoms with van der Waals surface area (Å²) in [5.41, 5.74) is 6.04. The fraction of sp³-hybridized carbons (Fsp3) is 0.321. The molecule has 0 spiro atoms. The standard InChI is InChI=1S/C28H31N3O5/c1-35-23-11-6-12-24(36-2)25(23)28(34)29-17-18-13-15-20(16-14-18)26(32)30-31-27(33)22-10-5-8-19-7-3-4-9-21(19)22/h3-12,18,20H,13-17H2,1-2H3,(H,29,34)(H,30,32)(H,31,33). The summed E-state index contributed by atoms with van der Waals surface area (Å²) < 4.78 is 10.6. The van der Waals surface area contributed by atoms with Gasteiger partial charge < -0.3 is 14.8 Å². The van der Waals surface area contributed by atoms with E-state index in [-0.39, 0.29) is 29.6 Å². The van der Waals surface area contributed by atoms with Crippen molar-refractivity contribution >= 4 is 28.5 Å². The van der Waals surface area contributed by atoms with E-state index in [1.807, 2.05) is 36.4 Å². The number of hydrogen-bond acceptors (Lipinski definition) is 5. The molecule has 0 aliphatic heterocycles. The van der Waals surface area contributed by atoms with Crippen LogP contribution in [0, 0.1) is 11.8 Å². The first-order valence-corrected chi connectivity index (χ1v) is 12.1. The molecule has 3 N–H and O–H groups in total. The number of nitrogens with one attached hydrogen (secondary N) is 3. The first-order chi connectivity index (χ1) is 17.5. The average molecular weight is 490 g/mol. The Bertz CT molecular complexity index is 1220. The van der Waals surface area contributed by atoms with E-state index in [4.69, 9.17) is 9.47 Å². The summed E-state index contributed by atoms with van der Waals surface area (Å²) in [6.45, 7) is 0.506. The highest BCUT2D eigenvalue weighted by Gasteiger charge is 2.27. The van der Waals surface area contributed by atoms with E-state index in [9.17, 15) is 14.4 Å². The highest BCUT2D eigenvalue weighted by Crippen LogP contribution is 2.30. The van der Waals surface area contributed by atoms with E-state index in [2.05, 4.69) is 16.2 Å². The fourth-order valence-corrected chi connectivity index (χ4v) is 4.74. The van der Waals surface area contributed by atoms with Crippen molar-refractivity contribution in [2.75, 3.05) is 20.8 Å². The number of ether oxygens (including phenoxy) is 2. The Kier molecular flexibility index (Phi) is 8.05. The summed E-state index contributed by atoms with van der Waals surface area (Å²) in [7, 11) is 3.03. The lowest BCUT2D eigenvalue weighted by Crippen LogP contribution is -2.45. The number of carbonyl (C=O) groups is 3. The van der Waals surface area contributed by atoms with Gasteiger partial charge >= 0.3 is 0 Å². The Balaban J connectivity index is 1.25. The minimum absolute atomic E-state index is 0.181. The van der Waals surface area contributed by atoms with Crippen LogP contribution in [0.2, 0.25) is 0 Å². The van der Waals surface area contributed by atoms with Gasteiger partial charge in [-0.2, -0.15) is 0 Å². The second-order valence-corrected chi connectivity index (χ2v) is 8.94. The molecule has 1 fully saturated rings. The first kappa shape index (κ1) is 25.0. The van der Waals surface area contributed by atoms with Gasteiger partial charge in [0.1, 0.15) is 17.1 Å². The molecule has 3 aromatic rings. The molecule has 36 heavy (non-hydrogen) atoms. The molecule has 0 heterocycles. The third-order valence-corrected chi connectivity index (χ3v) is 6.76. The van der Waals surface area contributed by atoms with Gasteiger partial charge in [0.05, 0.1) is 14.2 Å². The van der Waals surface area contributed by atoms with Crippen molar-refractivity contribution in [1.82, 2.24) is 16.2 Å². The normalized spacial score (nSPS) is 17.2. The lowest BCUT2D eigenvalue weighted by atomic mass is 9.81. The molecule has 1 aliphatic rings. The maximum atomic E-state index is 12.8. The van der Waals surface area contributed by atoms with Crippen molar-refractivity contribution < 1.29 is 23.9 Å². The van der Waals surface area contributed by atoms with Crippen molar-refractivity contribution in [3.63, 3.8) is 0 Å². The van der Waals surface area contributed by atoms with Gasteiger partial charge in [-0.3, -0.25) is 25.2 Å². The zero-order valence-corrected chi connectivity index (χ0v) is 20.5. The molecule has 8 nitrogen and oxygen atoms in total. The van der Waals surface area contributed by atoms with Gasteiger partial charge in [0, 0.05) is 18.0 Å². The van der Waals surface area contributed by atoms with Crippen molar-refractivity contribution in [2.45, 2.75) is 25.7 Å². The highest BCUT2D eigenvalue weighted by molar-refractivity contribution is 6.07. The number of carbonyl (C=O) groups excluding carboxylic acids is 3. The summed E-state index contributed by atoms with van der Waals surface area (Å²) in [5.74, 6) is 0.215. The van der Waals surface area contributed by atoms with Crippen LogP contribution in [0.1, 0.15) is 46.4 Å². The Morgan fingerprint density at radius 2 is 1.42 bits per heavy atom. The summed E-state index contributed by atoms with van der Waals surface area (Å²) in [6, 6.07) is 18.3. The maximum Gasteiger partial charge on any atom is 0.270 e. The van der Waals surface area contributed by atoms with Crippen molar-refractivity contribution in [3.05, 3.63) is 71.8 Å². The molecule has 0 bridgehead atoms. The molecule has 8 heteroatoms. The van der Waals surface area contributed by atoms with Crippen LogP contribution >= 0.6 is 0 Å². The molecule has 3 aromatic carbocycles. The van der Waals surface area contributed by atoms with Crippen LogP contribution in [-0.2, 0) is 4.79 Å². The SMILES string of the molecule is COc1cccc(OC)c1C(=O)NCC1CCC(C(=O)NNC(=O)c2cccc3ccccc23)CC1. The summed E-state index contributed by atoms with van der Waals surface area (Å²) in [6.07, 6.45) is 2.99.